The van der Waals surface area contributed by atoms with Crippen LogP contribution in [0.4, 0.5) is 5.82 Å². The van der Waals surface area contributed by atoms with Gasteiger partial charge in [0, 0.05) is 0 Å². The minimum absolute atomic E-state index is 0.0146. The highest BCUT2D eigenvalue weighted by Gasteiger charge is 2.53. The number of benzene rings is 1. The summed E-state index contributed by atoms with van der Waals surface area (Å²) in [5.41, 5.74) is 6.58. The summed E-state index contributed by atoms with van der Waals surface area (Å²) >= 11 is 0. The number of phosphoric acid groups is 1. The number of fused-ring (bicyclic) bond motifs is 2. The van der Waals surface area contributed by atoms with Crippen LogP contribution in [0.5, 0.6) is 0 Å². The Hall–Kier alpha value is -2.40. The smallest absolute Gasteiger partial charge is 0.386 e. The summed E-state index contributed by atoms with van der Waals surface area (Å²) in [6.45, 7) is 1.82. The Morgan fingerprint density at radius 2 is 1.93 bits per heavy atom. The number of ether oxygens (including phenoxy) is 1. The van der Waals surface area contributed by atoms with Crippen molar-refractivity contribution in [2.45, 2.75) is 31.5 Å². The van der Waals surface area contributed by atoms with E-state index in [1.54, 1.807) is 6.92 Å². The van der Waals surface area contributed by atoms with Crippen LogP contribution in [-0.4, -0.2) is 56.2 Å². The van der Waals surface area contributed by atoms with Gasteiger partial charge in [0.1, 0.15) is 30.2 Å². The third-order valence-corrected chi connectivity index (χ3v) is 6.11. The predicted octanol–water partition coefficient (Wildman–Crippen LogP) is 1.91. The number of aliphatic hydroxyl groups is 1. The van der Waals surface area contributed by atoms with E-state index in [1.165, 1.54) is 17.2 Å². The van der Waals surface area contributed by atoms with Gasteiger partial charge in [0.2, 0.25) is 0 Å². The number of rotatable bonds is 3. The van der Waals surface area contributed by atoms with Crippen LogP contribution in [0.25, 0.3) is 11.2 Å². The molecule has 0 aliphatic carbocycles. The van der Waals surface area contributed by atoms with Crippen molar-refractivity contribution in [2.75, 3.05) is 18.9 Å². The van der Waals surface area contributed by atoms with Gasteiger partial charge in [-0.05, 0) is 6.92 Å². The fraction of sp³-hybridized carbons (Fsp3) is 0.389. The minimum Gasteiger partial charge on any atom is -0.386 e. The molecule has 2 aliphatic heterocycles. The van der Waals surface area contributed by atoms with Gasteiger partial charge < -0.3 is 15.6 Å². The zero-order valence-electron chi connectivity index (χ0n) is 16.1. The third kappa shape index (κ3) is 4.08. The van der Waals surface area contributed by atoms with E-state index in [1.807, 2.05) is 36.4 Å². The first kappa shape index (κ1) is 20.9. The van der Waals surface area contributed by atoms with Crippen LogP contribution in [0.15, 0.2) is 49.1 Å². The molecule has 5 rings (SSSR count). The third-order valence-electron chi connectivity index (χ3n) is 4.57. The van der Waals surface area contributed by atoms with E-state index >= 15 is 0 Å². The van der Waals surface area contributed by atoms with Gasteiger partial charge in [-0.3, -0.25) is 18.1 Å². The summed E-state index contributed by atoms with van der Waals surface area (Å²) < 4.78 is 35.1. The summed E-state index contributed by atoms with van der Waals surface area (Å²) in [5.74, 6) is 0.226. The molecular weight excluding hydrogens is 413 g/mol. The van der Waals surface area contributed by atoms with Crippen molar-refractivity contribution in [3.05, 3.63) is 49.1 Å². The Morgan fingerprint density at radius 3 is 2.60 bits per heavy atom. The highest BCUT2D eigenvalue weighted by atomic mass is 31.2. The lowest BCUT2D eigenvalue weighted by atomic mass is 10.1. The molecule has 5 atom stereocenters. The Morgan fingerprint density at radius 1 is 1.23 bits per heavy atom. The number of nitrogens with zero attached hydrogens (tertiary/aromatic N) is 4. The zero-order chi connectivity index (χ0) is 21.1. The molecular formula is C18H22N5O6P. The molecule has 0 saturated carbocycles. The maximum absolute atomic E-state index is 12.3. The lowest BCUT2D eigenvalue weighted by molar-refractivity contribution is -0.0701. The zero-order valence-corrected chi connectivity index (χ0v) is 17.0. The second-order valence-corrected chi connectivity index (χ2v) is 8.15. The van der Waals surface area contributed by atoms with E-state index in [2.05, 4.69) is 15.0 Å². The second-order valence-electron chi connectivity index (χ2n) is 6.52. The van der Waals surface area contributed by atoms with Gasteiger partial charge in [0.25, 0.3) is 0 Å². The number of phosphoric ester groups is 1. The Kier molecular flexibility index (Phi) is 6.09. The SMILES string of the molecule is CCO[P@]1(=O)OC[C@@H]2O[C@H](n3cnc4c(N)ncnc43)[C@H](O)[C@H]2O1.c1ccccc1. The molecule has 2 aliphatic rings. The normalized spacial score (nSPS) is 30.5. The van der Waals surface area contributed by atoms with Gasteiger partial charge in [0.15, 0.2) is 17.7 Å². The van der Waals surface area contributed by atoms with Crippen LogP contribution in [0.2, 0.25) is 0 Å². The van der Waals surface area contributed by atoms with Gasteiger partial charge in [-0.1, -0.05) is 36.4 Å². The average molecular weight is 435 g/mol. The molecule has 2 saturated heterocycles. The van der Waals surface area contributed by atoms with Crippen molar-refractivity contribution in [3.63, 3.8) is 0 Å². The summed E-state index contributed by atoms with van der Waals surface area (Å²) in [6.07, 6.45) is -0.642. The van der Waals surface area contributed by atoms with Crippen LogP contribution in [0.1, 0.15) is 13.2 Å². The fourth-order valence-electron chi connectivity index (χ4n) is 3.22. The summed E-state index contributed by atoms with van der Waals surface area (Å²) in [4.78, 5) is 12.1. The first-order valence-corrected chi connectivity index (χ1v) is 10.8. The van der Waals surface area contributed by atoms with E-state index in [0.717, 1.165) is 0 Å². The quantitative estimate of drug-likeness (QED) is 0.585. The van der Waals surface area contributed by atoms with Gasteiger partial charge in [0.05, 0.1) is 19.5 Å². The molecule has 0 radical (unpaired) electrons. The van der Waals surface area contributed by atoms with Crippen molar-refractivity contribution in [1.29, 1.82) is 0 Å². The molecule has 0 amide bonds. The Balaban J connectivity index is 0.000000313. The van der Waals surface area contributed by atoms with Crippen LogP contribution in [-0.2, 0) is 22.9 Å². The van der Waals surface area contributed by atoms with Crippen LogP contribution in [0.3, 0.4) is 0 Å². The molecule has 4 heterocycles. The molecule has 0 unspecified atom stereocenters. The molecule has 2 aromatic heterocycles. The van der Waals surface area contributed by atoms with Gasteiger partial charge >= 0.3 is 7.82 Å². The number of hydrogen-bond acceptors (Lipinski definition) is 10. The highest BCUT2D eigenvalue weighted by Crippen LogP contribution is 2.56. The fourth-order valence-corrected chi connectivity index (χ4v) is 4.63. The summed E-state index contributed by atoms with van der Waals surface area (Å²) in [6, 6.07) is 12.0. The number of nitrogen functional groups attached to an aromatic ring is 1. The largest absolute Gasteiger partial charge is 0.475 e. The second kappa shape index (κ2) is 8.76. The van der Waals surface area contributed by atoms with Crippen molar-refractivity contribution < 1.29 is 28.0 Å². The number of imidazole rings is 1. The average Bonchev–Trinajstić information content (AvgIpc) is 3.32. The van der Waals surface area contributed by atoms with Crippen molar-refractivity contribution in [3.8, 4) is 0 Å². The molecule has 11 nitrogen and oxygen atoms in total. The predicted molar refractivity (Wildman–Crippen MR) is 106 cm³/mol. The molecule has 0 bridgehead atoms. The molecule has 3 aromatic rings. The van der Waals surface area contributed by atoms with Crippen LogP contribution >= 0.6 is 7.82 Å². The van der Waals surface area contributed by atoms with E-state index in [9.17, 15) is 9.67 Å². The van der Waals surface area contributed by atoms with Gasteiger partial charge in [-0.2, -0.15) is 0 Å². The van der Waals surface area contributed by atoms with Crippen molar-refractivity contribution in [1.82, 2.24) is 19.5 Å². The van der Waals surface area contributed by atoms with Gasteiger partial charge in [-0.15, -0.1) is 0 Å². The summed E-state index contributed by atoms with van der Waals surface area (Å²) in [7, 11) is -3.69. The van der Waals surface area contributed by atoms with Crippen LogP contribution < -0.4 is 5.73 Å². The molecule has 30 heavy (non-hydrogen) atoms. The Bertz CT molecular complexity index is 1010. The van der Waals surface area contributed by atoms with E-state index in [0.29, 0.717) is 11.2 Å². The lowest BCUT2D eigenvalue weighted by Crippen LogP contribution is -2.39. The first-order valence-electron chi connectivity index (χ1n) is 9.36. The highest BCUT2D eigenvalue weighted by molar-refractivity contribution is 7.48. The maximum Gasteiger partial charge on any atom is 0.475 e. The van der Waals surface area contributed by atoms with E-state index < -0.39 is 32.4 Å². The molecule has 3 N–H and O–H groups in total. The molecule has 160 valence electrons. The molecule has 2 fully saturated rings. The monoisotopic (exact) mass is 435 g/mol. The van der Waals surface area contributed by atoms with Crippen molar-refractivity contribution in [2.24, 2.45) is 0 Å². The number of hydrogen-bond donors (Lipinski definition) is 2. The van der Waals surface area contributed by atoms with E-state index in [-0.39, 0.29) is 19.0 Å². The number of anilines is 1. The Labute approximate surface area is 172 Å². The number of aliphatic hydroxyl groups excluding tert-OH is 1. The summed E-state index contributed by atoms with van der Waals surface area (Å²) in [5, 5.41) is 10.6. The van der Waals surface area contributed by atoms with Crippen LogP contribution in [0, 0.1) is 0 Å². The van der Waals surface area contributed by atoms with Gasteiger partial charge in [-0.25, -0.2) is 19.5 Å². The topological polar surface area (TPSA) is 144 Å². The maximum atomic E-state index is 12.3. The van der Waals surface area contributed by atoms with E-state index in [4.69, 9.17) is 24.0 Å². The van der Waals surface area contributed by atoms with Crippen molar-refractivity contribution >= 4 is 24.8 Å². The minimum atomic E-state index is -3.69. The standard InChI is InChI=1S/C12H16N5O6P.C6H6/c1-2-20-24(19)21-3-6-9(23-24)8(18)12(22-6)17-5-16-7-10(13)14-4-15-11(7)17;1-2-4-6-5-3-1/h4-6,8-9,12,18H,2-3H2,1H3,(H2,13,14,15);1-6H/t6-,8+,9-,12-,24+;/m0./s1. The number of aromatic nitrogens is 4. The lowest BCUT2D eigenvalue weighted by Gasteiger charge is -2.30. The molecule has 1 aromatic carbocycles. The first-order chi connectivity index (χ1) is 14.5. The molecule has 0 spiro atoms. The number of nitrogens with two attached hydrogens (primary N) is 1. The molecule has 12 heteroatoms.